The Kier molecular flexibility index (Phi) is 5.36. The van der Waals surface area contributed by atoms with E-state index in [0.717, 1.165) is 11.0 Å². The van der Waals surface area contributed by atoms with E-state index in [4.69, 9.17) is 0 Å². The number of carbonyl (C=O) groups excluding carboxylic acids is 1. The Morgan fingerprint density at radius 1 is 1.40 bits per heavy atom. The fraction of sp³-hybridized carbons (Fsp3) is 0.364. The number of hydrogen-bond donors (Lipinski definition) is 1. The predicted octanol–water partition coefficient (Wildman–Crippen LogP) is 2.10. The summed E-state index contributed by atoms with van der Waals surface area (Å²) in [5, 5.41) is 3.17. The number of benzene rings is 1. The van der Waals surface area contributed by atoms with Crippen molar-refractivity contribution in [3.8, 4) is 0 Å². The molecule has 3 nitrogen and oxygen atoms in total. The molecule has 15 heavy (non-hydrogen) atoms. The summed E-state index contributed by atoms with van der Waals surface area (Å²) in [7, 11) is 1.40. The van der Waals surface area contributed by atoms with Crippen LogP contribution in [0.3, 0.4) is 0 Å². The minimum atomic E-state index is -0.182. The van der Waals surface area contributed by atoms with Gasteiger partial charge in [0, 0.05) is 17.6 Å². The summed E-state index contributed by atoms with van der Waals surface area (Å²) in [6.07, 6.45) is 0.410. The Bertz CT molecular complexity index is 311. The van der Waals surface area contributed by atoms with Crippen molar-refractivity contribution in [1.29, 1.82) is 0 Å². The maximum absolute atomic E-state index is 10.8. The van der Waals surface area contributed by atoms with Gasteiger partial charge in [0.1, 0.15) is 0 Å². The van der Waals surface area contributed by atoms with Crippen molar-refractivity contribution >= 4 is 21.9 Å². The molecule has 0 radical (unpaired) electrons. The van der Waals surface area contributed by atoms with E-state index in [1.807, 2.05) is 24.3 Å². The van der Waals surface area contributed by atoms with Crippen LogP contribution in [0.2, 0.25) is 0 Å². The van der Waals surface area contributed by atoms with Crippen LogP contribution in [0.25, 0.3) is 0 Å². The number of hydrogen-bond acceptors (Lipinski definition) is 3. The molecule has 4 heteroatoms. The first-order chi connectivity index (χ1) is 7.22. The molecule has 1 aromatic carbocycles. The summed E-state index contributed by atoms with van der Waals surface area (Å²) in [6.45, 7) is 1.41. The van der Waals surface area contributed by atoms with E-state index in [-0.39, 0.29) is 5.97 Å². The molecule has 0 atom stereocenters. The molecule has 0 aromatic heterocycles. The highest BCUT2D eigenvalue weighted by Crippen LogP contribution is 2.10. The van der Waals surface area contributed by atoms with E-state index >= 15 is 0 Å². The molecule has 0 bridgehead atoms. The van der Waals surface area contributed by atoms with Crippen molar-refractivity contribution in [3.63, 3.8) is 0 Å². The van der Waals surface area contributed by atoms with Gasteiger partial charge in [0.2, 0.25) is 0 Å². The van der Waals surface area contributed by atoms with Gasteiger partial charge in [-0.3, -0.25) is 4.79 Å². The zero-order chi connectivity index (χ0) is 11.1. The fourth-order valence-electron chi connectivity index (χ4n) is 1.13. The van der Waals surface area contributed by atoms with Gasteiger partial charge < -0.3 is 10.1 Å². The van der Waals surface area contributed by atoms with Crippen LogP contribution in [0.5, 0.6) is 0 Å². The van der Waals surface area contributed by atoms with Gasteiger partial charge in [-0.25, -0.2) is 0 Å². The van der Waals surface area contributed by atoms with E-state index < -0.39 is 0 Å². The Morgan fingerprint density at radius 3 is 2.67 bits per heavy atom. The van der Waals surface area contributed by atoms with Gasteiger partial charge in [-0.2, -0.15) is 0 Å². The van der Waals surface area contributed by atoms with Crippen LogP contribution in [-0.4, -0.2) is 19.6 Å². The minimum absolute atomic E-state index is 0.182. The molecule has 0 saturated heterocycles. The Hall–Kier alpha value is -0.870. The molecule has 0 aliphatic heterocycles. The number of ether oxygens (including phenoxy) is 1. The van der Waals surface area contributed by atoms with Gasteiger partial charge >= 0.3 is 5.97 Å². The highest BCUT2D eigenvalue weighted by molar-refractivity contribution is 9.10. The van der Waals surface area contributed by atoms with Crippen LogP contribution in [0, 0.1) is 0 Å². The van der Waals surface area contributed by atoms with Crippen molar-refractivity contribution in [2.24, 2.45) is 0 Å². The first kappa shape index (κ1) is 12.2. The third-order valence-corrected chi connectivity index (χ3v) is 2.50. The lowest BCUT2D eigenvalue weighted by molar-refractivity contribution is -0.140. The fourth-order valence-corrected chi connectivity index (χ4v) is 1.39. The topological polar surface area (TPSA) is 38.3 Å². The molecule has 0 spiro atoms. The number of methoxy groups -OCH3 is 1. The third kappa shape index (κ3) is 4.95. The van der Waals surface area contributed by atoms with Crippen molar-refractivity contribution < 1.29 is 9.53 Å². The van der Waals surface area contributed by atoms with Gasteiger partial charge in [0.25, 0.3) is 0 Å². The quantitative estimate of drug-likeness (QED) is 0.659. The summed E-state index contributed by atoms with van der Waals surface area (Å²) < 4.78 is 5.60. The van der Waals surface area contributed by atoms with E-state index in [1.165, 1.54) is 12.7 Å². The summed E-state index contributed by atoms with van der Waals surface area (Å²) in [6, 6.07) is 8.07. The van der Waals surface area contributed by atoms with Gasteiger partial charge in [-0.15, -0.1) is 0 Å². The SMILES string of the molecule is COC(=O)CCNCc1ccc(Br)cc1. The molecular weight excluding hydrogens is 258 g/mol. The standard InChI is InChI=1S/C11H14BrNO2/c1-15-11(14)6-7-13-8-9-2-4-10(12)5-3-9/h2-5,13H,6-8H2,1H3. The second kappa shape index (κ2) is 6.58. The first-order valence-electron chi connectivity index (χ1n) is 4.74. The molecule has 1 rings (SSSR count). The highest BCUT2D eigenvalue weighted by atomic mass is 79.9. The molecule has 82 valence electrons. The summed E-state index contributed by atoms with van der Waals surface area (Å²) >= 11 is 3.37. The number of rotatable bonds is 5. The second-order valence-corrected chi connectivity index (χ2v) is 4.05. The zero-order valence-corrected chi connectivity index (χ0v) is 10.2. The second-order valence-electron chi connectivity index (χ2n) is 3.13. The van der Waals surface area contributed by atoms with Crippen LogP contribution >= 0.6 is 15.9 Å². The third-order valence-electron chi connectivity index (χ3n) is 1.98. The maximum atomic E-state index is 10.8. The van der Waals surface area contributed by atoms with Crippen molar-refractivity contribution in [3.05, 3.63) is 34.3 Å². The van der Waals surface area contributed by atoms with Gasteiger partial charge in [0.15, 0.2) is 0 Å². The lowest BCUT2D eigenvalue weighted by atomic mass is 10.2. The van der Waals surface area contributed by atoms with Crippen molar-refractivity contribution in [2.75, 3.05) is 13.7 Å². The van der Waals surface area contributed by atoms with Gasteiger partial charge in [0.05, 0.1) is 13.5 Å². The van der Waals surface area contributed by atoms with Crippen molar-refractivity contribution in [2.45, 2.75) is 13.0 Å². The lowest BCUT2D eigenvalue weighted by Crippen LogP contribution is -2.18. The van der Waals surface area contributed by atoms with Crippen LogP contribution in [0.15, 0.2) is 28.7 Å². The van der Waals surface area contributed by atoms with Crippen LogP contribution in [-0.2, 0) is 16.1 Å². The Labute approximate surface area is 97.9 Å². The van der Waals surface area contributed by atoms with Crippen molar-refractivity contribution in [1.82, 2.24) is 5.32 Å². The molecule has 0 unspecified atom stereocenters. The predicted molar refractivity (Wildman–Crippen MR) is 62.5 cm³/mol. The Balaban J connectivity index is 2.20. The maximum Gasteiger partial charge on any atom is 0.306 e. The summed E-state index contributed by atoms with van der Waals surface area (Å²) in [4.78, 5) is 10.8. The average molecular weight is 272 g/mol. The molecule has 0 fully saturated rings. The van der Waals surface area contributed by atoms with Crippen LogP contribution in [0.1, 0.15) is 12.0 Å². The largest absolute Gasteiger partial charge is 0.469 e. The monoisotopic (exact) mass is 271 g/mol. The normalized spacial score (nSPS) is 10.0. The van der Waals surface area contributed by atoms with Crippen LogP contribution in [0.4, 0.5) is 0 Å². The molecule has 0 amide bonds. The molecule has 0 heterocycles. The number of esters is 1. The number of nitrogens with one attached hydrogen (secondary N) is 1. The summed E-state index contributed by atoms with van der Waals surface area (Å²) in [5.41, 5.74) is 1.20. The van der Waals surface area contributed by atoms with E-state index in [1.54, 1.807) is 0 Å². The smallest absolute Gasteiger partial charge is 0.306 e. The van der Waals surface area contributed by atoms with E-state index in [0.29, 0.717) is 13.0 Å². The molecule has 0 saturated carbocycles. The summed E-state index contributed by atoms with van der Waals surface area (Å²) in [5.74, 6) is -0.182. The average Bonchev–Trinajstić information content (AvgIpc) is 2.26. The molecule has 1 N–H and O–H groups in total. The number of halogens is 1. The molecule has 1 aromatic rings. The van der Waals surface area contributed by atoms with E-state index in [9.17, 15) is 4.79 Å². The molecular formula is C11H14BrNO2. The first-order valence-corrected chi connectivity index (χ1v) is 5.53. The molecule has 0 aliphatic carbocycles. The lowest BCUT2D eigenvalue weighted by Gasteiger charge is -2.04. The highest BCUT2D eigenvalue weighted by Gasteiger charge is 1.98. The van der Waals surface area contributed by atoms with Crippen LogP contribution < -0.4 is 5.32 Å². The van der Waals surface area contributed by atoms with E-state index in [2.05, 4.69) is 26.0 Å². The number of carbonyl (C=O) groups is 1. The zero-order valence-electron chi connectivity index (χ0n) is 8.63. The van der Waals surface area contributed by atoms with Gasteiger partial charge in [-0.1, -0.05) is 28.1 Å². The van der Waals surface area contributed by atoms with Gasteiger partial charge in [-0.05, 0) is 17.7 Å². The Morgan fingerprint density at radius 2 is 2.07 bits per heavy atom. The minimum Gasteiger partial charge on any atom is -0.469 e. The molecule has 0 aliphatic rings.